The number of rotatable bonds is 8. The van der Waals surface area contributed by atoms with Gasteiger partial charge in [0, 0.05) is 39.3 Å². The third-order valence-corrected chi connectivity index (χ3v) is 7.93. The maximum atomic E-state index is 13.3. The molecule has 0 amide bonds. The van der Waals surface area contributed by atoms with Gasteiger partial charge in [0.15, 0.2) is 5.96 Å². The fourth-order valence-electron chi connectivity index (χ4n) is 4.03. The van der Waals surface area contributed by atoms with E-state index in [1.807, 2.05) is 26.1 Å². The molecule has 0 spiro atoms. The van der Waals surface area contributed by atoms with Gasteiger partial charge in [-0.2, -0.15) is 4.31 Å². The fourth-order valence-corrected chi connectivity index (χ4v) is 5.67. The molecule has 0 saturated carbocycles. The summed E-state index contributed by atoms with van der Waals surface area (Å²) in [5.41, 5.74) is 2.26. The molecule has 172 valence electrons. The van der Waals surface area contributed by atoms with Gasteiger partial charge in [-0.1, -0.05) is 29.8 Å². The van der Waals surface area contributed by atoms with E-state index in [0.717, 1.165) is 44.1 Å². The number of allylic oxidation sites excluding steroid dienone is 1. The van der Waals surface area contributed by atoms with Crippen LogP contribution in [0.25, 0.3) is 0 Å². The first-order valence-corrected chi connectivity index (χ1v) is 12.9. The van der Waals surface area contributed by atoms with Crippen LogP contribution in [0.1, 0.15) is 44.6 Å². The summed E-state index contributed by atoms with van der Waals surface area (Å²) in [6, 6.07) is 7.23. The van der Waals surface area contributed by atoms with Crippen LogP contribution in [0, 0.1) is 0 Å². The molecule has 1 aromatic carbocycles. The fraction of sp³-hybridized carbons (Fsp3) is 0.609. The van der Waals surface area contributed by atoms with E-state index in [4.69, 9.17) is 0 Å². The van der Waals surface area contributed by atoms with Crippen molar-refractivity contribution in [1.29, 1.82) is 0 Å². The molecule has 1 aliphatic carbocycles. The minimum absolute atomic E-state index is 0.321. The Labute approximate surface area is 187 Å². The van der Waals surface area contributed by atoms with Gasteiger partial charge in [0.25, 0.3) is 0 Å². The lowest BCUT2D eigenvalue weighted by molar-refractivity contribution is 0.222. The van der Waals surface area contributed by atoms with E-state index in [-0.39, 0.29) is 0 Å². The molecule has 0 radical (unpaired) electrons. The zero-order valence-electron chi connectivity index (χ0n) is 18.9. The summed E-state index contributed by atoms with van der Waals surface area (Å²) in [6.45, 7) is 6.50. The molecule has 2 N–H and O–H groups in total. The Hall–Kier alpha value is -1.90. The van der Waals surface area contributed by atoms with Crippen LogP contribution in [0.2, 0.25) is 0 Å². The lowest BCUT2D eigenvalue weighted by atomic mass is 9.97. The number of hydrogen-bond donors (Lipinski definition) is 2. The van der Waals surface area contributed by atoms with E-state index in [9.17, 15) is 8.42 Å². The lowest BCUT2D eigenvalue weighted by Gasteiger charge is -2.32. The Balaban J connectivity index is 1.67. The number of nitrogens with zero attached hydrogens (tertiary/aromatic N) is 3. The van der Waals surface area contributed by atoms with Gasteiger partial charge in [0.2, 0.25) is 10.0 Å². The second kappa shape index (κ2) is 11.6. The number of likely N-dealkylation sites (N-methyl/N-ethyl adjacent to an activating group) is 1. The quantitative estimate of drug-likeness (QED) is 0.364. The molecular formula is C23H37N5O2S. The van der Waals surface area contributed by atoms with Crippen LogP contribution < -0.4 is 10.6 Å². The zero-order chi connectivity index (χ0) is 22.1. The summed E-state index contributed by atoms with van der Waals surface area (Å²) in [4.78, 5) is 7.20. The van der Waals surface area contributed by atoms with Crippen LogP contribution in [0.3, 0.4) is 0 Å². The Bertz CT molecular complexity index is 874. The number of aliphatic imine (C=N–C) groups is 1. The molecule has 0 atom stereocenters. The largest absolute Gasteiger partial charge is 0.357 e. The first-order valence-electron chi connectivity index (χ1n) is 11.5. The number of guanidine groups is 1. The van der Waals surface area contributed by atoms with Gasteiger partial charge in [-0.05, 0) is 57.7 Å². The molecule has 0 bridgehead atoms. The predicted molar refractivity (Wildman–Crippen MR) is 127 cm³/mol. The number of sulfonamides is 1. The number of benzene rings is 1. The highest BCUT2D eigenvalue weighted by Crippen LogP contribution is 2.22. The van der Waals surface area contributed by atoms with Crippen LogP contribution in [-0.2, 0) is 16.6 Å². The molecule has 2 aliphatic rings. The first kappa shape index (κ1) is 23.8. The molecule has 0 unspecified atom stereocenters. The number of piperazine rings is 1. The van der Waals surface area contributed by atoms with Crippen molar-refractivity contribution >= 4 is 16.0 Å². The molecule has 1 fully saturated rings. The second-order valence-electron chi connectivity index (χ2n) is 8.30. The maximum Gasteiger partial charge on any atom is 0.243 e. The zero-order valence-corrected chi connectivity index (χ0v) is 19.8. The third-order valence-electron chi connectivity index (χ3n) is 5.93. The van der Waals surface area contributed by atoms with E-state index in [0.29, 0.717) is 24.5 Å². The van der Waals surface area contributed by atoms with Crippen molar-refractivity contribution < 1.29 is 8.42 Å². The highest BCUT2D eigenvalue weighted by Gasteiger charge is 2.29. The average Bonchev–Trinajstić information content (AvgIpc) is 2.78. The van der Waals surface area contributed by atoms with Gasteiger partial charge in [-0.15, -0.1) is 0 Å². The van der Waals surface area contributed by atoms with E-state index in [1.165, 1.54) is 31.3 Å². The normalized spacial score (nSPS) is 19.2. The van der Waals surface area contributed by atoms with Crippen LogP contribution >= 0.6 is 0 Å². The summed E-state index contributed by atoms with van der Waals surface area (Å²) in [5, 5.41) is 6.67. The molecular weight excluding hydrogens is 410 g/mol. The summed E-state index contributed by atoms with van der Waals surface area (Å²) >= 11 is 0. The van der Waals surface area contributed by atoms with E-state index in [1.54, 1.807) is 16.4 Å². The molecule has 0 aromatic heterocycles. The predicted octanol–water partition coefficient (Wildman–Crippen LogP) is 2.57. The van der Waals surface area contributed by atoms with E-state index < -0.39 is 10.0 Å². The molecule has 1 aliphatic heterocycles. The minimum Gasteiger partial charge on any atom is -0.357 e. The molecule has 8 heteroatoms. The van der Waals surface area contributed by atoms with Gasteiger partial charge < -0.3 is 15.5 Å². The van der Waals surface area contributed by atoms with Crippen molar-refractivity contribution in [3.05, 3.63) is 41.5 Å². The number of nitrogens with one attached hydrogen (secondary N) is 2. The van der Waals surface area contributed by atoms with Gasteiger partial charge in [-0.3, -0.25) is 0 Å². The standard InChI is InChI=1S/C23H37N5O2S/c1-3-24-23(25-14-13-20-9-5-4-6-10-20)26-19-21-11-7-8-12-22(21)31(29,30)28-17-15-27(2)16-18-28/h7-9,11-12H,3-6,10,13-19H2,1-2H3,(H2,24,25,26). The molecule has 31 heavy (non-hydrogen) atoms. The molecule has 1 heterocycles. The van der Waals surface area contributed by atoms with Crippen molar-refractivity contribution in [3.8, 4) is 0 Å². The molecule has 7 nitrogen and oxygen atoms in total. The Morgan fingerprint density at radius 1 is 1.10 bits per heavy atom. The van der Waals surface area contributed by atoms with Crippen molar-refractivity contribution in [3.63, 3.8) is 0 Å². The SMILES string of the molecule is CCNC(=NCc1ccccc1S(=O)(=O)N1CCN(C)CC1)NCCC1=CCCCC1. The summed E-state index contributed by atoms with van der Waals surface area (Å²) in [7, 11) is -1.50. The Morgan fingerprint density at radius 3 is 2.58 bits per heavy atom. The van der Waals surface area contributed by atoms with Gasteiger partial charge in [-0.25, -0.2) is 13.4 Å². The van der Waals surface area contributed by atoms with E-state index in [2.05, 4.69) is 26.6 Å². The van der Waals surface area contributed by atoms with Crippen molar-refractivity contribution in [2.75, 3.05) is 46.3 Å². The highest BCUT2D eigenvalue weighted by molar-refractivity contribution is 7.89. The monoisotopic (exact) mass is 447 g/mol. The van der Waals surface area contributed by atoms with E-state index >= 15 is 0 Å². The van der Waals surface area contributed by atoms with Crippen molar-refractivity contribution in [2.45, 2.75) is 50.5 Å². The van der Waals surface area contributed by atoms with Crippen molar-refractivity contribution in [1.82, 2.24) is 19.8 Å². The van der Waals surface area contributed by atoms with Gasteiger partial charge in [0.1, 0.15) is 0 Å². The van der Waals surface area contributed by atoms with Crippen LogP contribution in [0.5, 0.6) is 0 Å². The minimum atomic E-state index is -3.52. The third kappa shape index (κ3) is 6.79. The van der Waals surface area contributed by atoms with Crippen molar-refractivity contribution in [2.24, 2.45) is 4.99 Å². The smallest absolute Gasteiger partial charge is 0.243 e. The summed E-state index contributed by atoms with van der Waals surface area (Å²) < 4.78 is 28.1. The molecule has 3 rings (SSSR count). The second-order valence-corrected chi connectivity index (χ2v) is 10.2. The highest BCUT2D eigenvalue weighted by atomic mass is 32.2. The molecule has 1 saturated heterocycles. The summed E-state index contributed by atoms with van der Waals surface area (Å²) in [6.07, 6.45) is 8.39. The lowest BCUT2D eigenvalue weighted by Crippen LogP contribution is -2.47. The Kier molecular flexibility index (Phi) is 8.92. The van der Waals surface area contributed by atoms with Gasteiger partial charge >= 0.3 is 0 Å². The maximum absolute atomic E-state index is 13.3. The van der Waals surface area contributed by atoms with Gasteiger partial charge in [0.05, 0.1) is 11.4 Å². The molecule has 1 aromatic rings. The average molecular weight is 448 g/mol. The Morgan fingerprint density at radius 2 is 1.87 bits per heavy atom. The van der Waals surface area contributed by atoms with Crippen LogP contribution in [0.4, 0.5) is 0 Å². The van der Waals surface area contributed by atoms with Crippen LogP contribution in [0.15, 0.2) is 45.8 Å². The first-order chi connectivity index (χ1) is 15.0. The summed E-state index contributed by atoms with van der Waals surface area (Å²) in [5.74, 6) is 0.728. The topological polar surface area (TPSA) is 77.0 Å². The van der Waals surface area contributed by atoms with Crippen LogP contribution in [-0.4, -0.2) is 69.9 Å². The number of hydrogen-bond acceptors (Lipinski definition) is 4.